The maximum atomic E-state index is 5.40. The molecule has 6 heteroatoms. The van der Waals surface area contributed by atoms with Gasteiger partial charge < -0.3 is 14.0 Å². The van der Waals surface area contributed by atoms with Gasteiger partial charge >= 0.3 is 0 Å². The molecular weight excluding hydrogens is 817 g/mol. The highest BCUT2D eigenvalue weighted by Gasteiger charge is 2.30. The molecule has 12 aromatic rings. The van der Waals surface area contributed by atoms with Crippen molar-refractivity contribution in [2.45, 2.75) is 27.7 Å². The van der Waals surface area contributed by atoms with Crippen molar-refractivity contribution in [1.82, 2.24) is 24.1 Å². The molecule has 3 heterocycles. The third kappa shape index (κ3) is 6.60. The van der Waals surface area contributed by atoms with E-state index in [1.54, 1.807) is 0 Å². The second kappa shape index (κ2) is 16.1. The molecular formula is C61H46N6. The second-order valence-electron chi connectivity index (χ2n) is 17.5. The zero-order chi connectivity index (χ0) is 45.2. The van der Waals surface area contributed by atoms with Crippen molar-refractivity contribution < 1.29 is 0 Å². The Labute approximate surface area is 389 Å². The molecule has 0 unspecified atom stereocenters. The molecule has 12 rings (SSSR count). The number of fused-ring (bicyclic) bond motifs is 6. The van der Waals surface area contributed by atoms with Crippen LogP contribution in [0.15, 0.2) is 206 Å². The van der Waals surface area contributed by atoms with Gasteiger partial charge in [-0.1, -0.05) is 170 Å². The van der Waals surface area contributed by atoms with E-state index in [2.05, 4.69) is 212 Å². The molecule has 0 spiro atoms. The number of aryl methyl sites for hydroxylation is 4. The van der Waals surface area contributed by atoms with E-state index in [9.17, 15) is 0 Å². The van der Waals surface area contributed by atoms with Crippen LogP contribution in [0.4, 0.5) is 17.1 Å². The minimum atomic E-state index is 0.580. The lowest BCUT2D eigenvalue weighted by Gasteiger charge is -2.32. The average Bonchev–Trinajstić information content (AvgIpc) is 3.91. The summed E-state index contributed by atoms with van der Waals surface area (Å²) < 4.78 is 5.03. The molecule has 0 fully saturated rings. The maximum absolute atomic E-state index is 5.40. The van der Waals surface area contributed by atoms with Crippen molar-refractivity contribution in [1.29, 1.82) is 0 Å². The number of benzene rings is 9. The lowest BCUT2D eigenvalue weighted by molar-refractivity contribution is 1.06. The monoisotopic (exact) mass is 862 g/mol. The molecule has 320 valence electrons. The van der Waals surface area contributed by atoms with Crippen LogP contribution in [0.2, 0.25) is 0 Å². The summed E-state index contributed by atoms with van der Waals surface area (Å²) in [6, 6.07) is 73.3. The van der Waals surface area contributed by atoms with Gasteiger partial charge in [0.25, 0.3) is 0 Å². The molecule has 9 aromatic carbocycles. The molecule has 3 aromatic heterocycles. The molecule has 0 N–H and O–H groups in total. The molecule has 6 nitrogen and oxygen atoms in total. The van der Waals surface area contributed by atoms with Crippen molar-refractivity contribution in [3.8, 4) is 45.5 Å². The average molecular weight is 863 g/mol. The van der Waals surface area contributed by atoms with Crippen LogP contribution in [0.25, 0.3) is 89.2 Å². The van der Waals surface area contributed by atoms with Gasteiger partial charge in [-0.25, -0.2) is 15.0 Å². The highest BCUT2D eigenvalue weighted by molar-refractivity contribution is 6.14. The first-order valence-electron chi connectivity index (χ1n) is 22.9. The van der Waals surface area contributed by atoms with Crippen LogP contribution in [0.1, 0.15) is 22.3 Å². The first-order valence-corrected chi connectivity index (χ1v) is 22.9. The highest BCUT2D eigenvalue weighted by Crippen LogP contribution is 2.49. The normalized spacial score (nSPS) is 11.6. The Kier molecular flexibility index (Phi) is 9.61. The summed E-state index contributed by atoms with van der Waals surface area (Å²) in [6.45, 7) is 8.92. The van der Waals surface area contributed by atoms with E-state index < -0.39 is 0 Å². The van der Waals surface area contributed by atoms with Gasteiger partial charge in [0, 0.05) is 49.6 Å². The molecule has 0 saturated heterocycles. The fourth-order valence-corrected chi connectivity index (χ4v) is 10.2. The lowest BCUT2D eigenvalue weighted by atomic mass is 10.0. The van der Waals surface area contributed by atoms with Gasteiger partial charge in [-0.3, -0.25) is 0 Å². The van der Waals surface area contributed by atoms with Crippen LogP contribution in [0, 0.1) is 27.7 Å². The van der Waals surface area contributed by atoms with Crippen molar-refractivity contribution in [3.63, 3.8) is 0 Å². The van der Waals surface area contributed by atoms with Crippen LogP contribution in [-0.2, 0) is 0 Å². The van der Waals surface area contributed by atoms with Crippen molar-refractivity contribution in [3.05, 3.63) is 229 Å². The zero-order valence-electron chi connectivity index (χ0n) is 37.8. The summed E-state index contributed by atoms with van der Waals surface area (Å²) >= 11 is 0. The maximum Gasteiger partial charge on any atom is 0.164 e. The fourth-order valence-electron chi connectivity index (χ4n) is 10.2. The summed E-state index contributed by atoms with van der Waals surface area (Å²) in [7, 11) is 0. The van der Waals surface area contributed by atoms with Gasteiger partial charge in [-0.15, -0.1) is 0 Å². The van der Waals surface area contributed by atoms with E-state index >= 15 is 0 Å². The van der Waals surface area contributed by atoms with Gasteiger partial charge in [0.1, 0.15) is 0 Å². The Morgan fingerprint density at radius 2 is 0.612 bits per heavy atom. The standard InChI is InChI=1S/C61H46N6/c1-39-21-17-33-48-49-34-18-22-40(2)55(49)66(54(39)48)52-37-45(61-63-59(43-25-9-5-10-26-43)62-60(64-61)44-27-11-6-12-28-44)38-53(58(52)65(46-29-13-7-14-30-46)47-31-15-8-16-32-47)67-56-41(3)23-19-35-50(56)51-36-20-24-42(4)57(51)67/h5-38H,1-4H3. The van der Waals surface area contributed by atoms with E-state index in [1.807, 2.05) is 36.4 Å². The van der Waals surface area contributed by atoms with E-state index in [4.69, 9.17) is 15.0 Å². The molecule has 67 heavy (non-hydrogen) atoms. The van der Waals surface area contributed by atoms with Gasteiger partial charge in [-0.2, -0.15) is 0 Å². The summed E-state index contributed by atoms with van der Waals surface area (Å²) in [5, 5.41) is 4.79. The minimum Gasteiger partial charge on any atom is -0.307 e. The molecule has 0 saturated carbocycles. The summed E-state index contributed by atoms with van der Waals surface area (Å²) in [5.74, 6) is 1.80. The molecule has 0 amide bonds. The van der Waals surface area contributed by atoms with E-state index in [0.717, 1.165) is 67.2 Å². The third-order valence-corrected chi connectivity index (χ3v) is 13.2. The van der Waals surface area contributed by atoms with Crippen LogP contribution in [0.3, 0.4) is 0 Å². The number of para-hydroxylation sites is 6. The molecule has 0 radical (unpaired) electrons. The summed E-state index contributed by atoms with van der Waals surface area (Å²) in [5.41, 5.74) is 17.1. The minimum absolute atomic E-state index is 0.580. The smallest absolute Gasteiger partial charge is 0.164 e. The van der Waals surface area contributed by atoms with Gasteiger partial charge in [0.05, 0.1) is 39.1 Å². The second-order valence-corrected chi connectivity index (χ2v) is 17.5. The quantitative estimate of drug-likeness (QED) is 0.153. The Hall–Kier alpha value is -8.61. The van der Waals surface area contributed by atoms with Gasteiger partial charge in [-0.05, 0) is 86.3 Å². The third-order valence-electron chi connectivity index (χ3n) is 13.2. The van der Waals surface area contributed by atoms with Gasteiger partial charge in [0.2, 0.25) is 0 Å². The molecule has 0 aliphatic heterocycles. The first-order chi connectivity index (χ1) is 32.9. The lowest BCUT2D eigenvalue weighted by Crippen LogP contribution is -2.17. The van der Waals surface area contributed by atoms with Crippen molar-refractivity contribution >= 4 is 60.7 Å². The zero-order valence-corrected chi connectivity index (χ0v) is 37.8. The first kappa shape index (κ1) is 39.9. The number of nitrogens with zero attached hydrogens (tertiary/aromatic N) is 6. The number of anilines is 3. The topological polar surface area (TPSA) is 51.8 Å². The van der Waals surface area contributed by atoms with E-state index in [0.29, 0.717) is 17.5 Å². The number of hydrogen-bond acceptors (Lipinski definition) is 4. The highest BCUT2D eigenvalue weighted by atomic mass is 15.2. The molecule has 0 atom stereocenters. The molecule has 0 aliphatic carbocycles. The van der Waals surface area contributed by atoms with Crippen molar-refractivity contribution in [2.24, 2.45) is 0 Å². The fraction of sp³-hybridized carbons (Fsp3) is 0.0656. The summed E-state index contributed by atoms with van der Waals surface area (Å²) in [6.07, 6.45) is 0. The number of rotatable bonds is 8. The summed E-state index contributed by atoms with van der Waals surface area (Å²) in [4.78, 5) is 18.4. The number of hydrogen-bond donors (Lipinski definition) is 0. The van der Waals surface area contributed by atoms with Crippen LogP contribution < -0.4 is 4.90 Å². The largest absolute Gasteiger partial charge is 0.307 e. The Morgan fingerprint density at radius 1 is 0.313 bits per heavy atom. The van der Waals surface area contributed by atoms with E-state index in [1.165, 1.54) is 43.8 Å². The number of aromatic nitrogens is 5. The Balaban J connectivity index is 1.34. The van der Waals surface area contributed by atoms with Gasteiger partial charge in [0.15, 0.2) is 17.5 Å². The predicted molar refractivity (Wildman–Crippen MR) is 278 cm³/mol. The molecule has 0 bridgehead atoms. The van der Waals surface area contributed by atoms with E-state index in [-0.39, 0.29) is 0 Å². The van der Waals surface area contributed by atoms with Crippen LogP contribution in [0.5, 0.6) is 0 Å². The Bertz CT molecular complexity index is 3470. The van der Waals surface area contributed by atoms with Crippen LogP contribution >= 0.6 is 0 Å². The van der Waals surface area contributed by atoms with Crippen molar-refractivity contribution in [2.75, 3.05) is 4.90 Å². The SMILES string of the molecule is Cc1cccc2c3cccc(C)c3n(-c3cc(-c4nc(-c5ccccc5)nc(-c5ccccc5)n4)cc(-n4c5c(C)cccc5c5cccc(C)c54)c3N(c3ccccc3)c3ccccc3)c12. The molecule has 0 aliphatic rings. The predicted octanol–water partition coefficient (Wildman–Crippen LogP) is 15.8. The van der Waals surface area contributed by atoms with Crippen LogP contribution in [-0.4, -0.2) is 24.1 Å². The Morgan fingerprint density at radius 3 is 0.940 bits per heavy atom.